The minimum absolute atomic E-state index is 0.0117. The molecule has 0 aliphatic heterocycles. The van der Waals surface area contributed by atoms with Crippen molar-refractivity contribution in [2.24, 2.45) is 0 Å². The van der Waals surface area contributed by atoms with E-state index in [0.717, 1.165) is 36.1 Å². The molecule has 0 aliphatic rings. The first kappa shape index (κ1) is 22.5. The first-order valence-corrected chi connectivity index (χ1v) is 10.4. The highest BCUT2D eigenvalue weighted by Crippen LogP contribution is 2.24. The third-order valence-electron chi connectivity index (χ3n) is 4.95. The SMILES string of the molecule is CCCCCN(C(=O)CC)C(C(=O)NCc1ccccc1OC)c1ccccc1. The largest absolute Gasteiger partial charge is 0.496 e. The lowest BCUT2D eigenvalue weighted by atomic mass is 10.0. The maximum atomic E-state index is 13.3. The fourth-order valence-corrected chi connectivity index (χ4v) is 3.37. The summed E-state index contributed by atoms with van der Waals surface area (Å²) in [5.74, 6) is 0.538. The number of benzene rings is 2. The number of nitrogens with one attached hydrogen (secondary N) is 1. The minimum Gasteiger partial charge on any atom is -0.496 e. The molecule has 0 heterocycles. The van der Waals surface area contributed by atoms with Crippen molar-refractivity contribution in [2.45, 2.75) is 52.1 Å². The van der Waals surface area contributed by atoms with Crippen LogP contribution >= 0.6 is 0 Å². The van der Waals surface area contributed by atoms with Gasteiger partial charge in [0.1, 0.15) is 11.8 Å². The fraction of sp³-hybridized carbons (Fsp3) is 0.417. The van der Waals surface area contributed by atoms with E-state index in [0.29, 0.717) is 19.5 Å². The van der Waals surface area contributed by atoms with Crippen LogP contribution in [0.2, 0.25) is 0 Å². The van der Waals surface area contributed by atoms with Crippen LogP contribution in [0.3, 0.4) is 0 Å². The Kier molecular flexibility index (Phi) is 9.22. The molecule has 0 fully saturated rings. The normalized spacial score (nSPS) is 11.6. The molecule has 5 nitrogen and oxygen atoms in total. The summed E-state index contributed by atoms with van der Waals surface area (Å²) in [5.41, 5.74) is 1.72. The van der Waals surface area contributed by atoms with Crippen LogP contribution in [0.5, 0.6) is 5.75 Å². The third-order valence-corrected chi connectivity index (χ3v) is 4.95. The van der Waals surface area contributed by atoms with Crippen LogP contribution in [0.15, 0.2) is 54.6 Å². The molecule has 2 rings (SSSR count). The first-order chi connectivity index (χ1) is 14.1. The van der Waals surface area contributed by atoms with Crippen molar-refractivity contribution in [1.29, 1.82) is 0 Å². The highest BCUT2D eigenvalue weighted by atomic mass is 16.5. The van der Waals surface area contributed by atoms with Crippen LogP contribution in [0.25, 0.3) is 0 Å². The standard InChI is InChI=1S/C24H32N2O3/c1-4-6-12-17-26(22(27)5-2)23(19-13-8-7-9-14-19)24(28)25-18-20-15-10-11-16-21(20)29-3/h7-11,13-16,23H,4-6,12,17-18H2,1-3H3,(H,25,28). The summed E-state index contributed by atoms with van der Waals surface area (Å²) in [6.07, 6.45) is 3.34. The molecule has 1 atom stereocenters. The molecule has 1 N–H and O–H groups in total. The molecule has 0 spiro atoms. The number of hydrogen-bond donors (Lipinski definition) is 1. The maximum absolute atomic E-state index is 13.3. The van der Waals surface area contributed by atoms with E-state index in [1.165, 1.54) is 0 Å². The molecule has 0 aliphatic carbocycles. The number of amides is 2. The van der Waals surface area contributed by atoms with Crippen LogP contribution in [0.1, 0.15) is 56.7 Å². The molecule has 0 saturated heterocycles. The van der Waals surface area contributed by atoms with Crippen LogP contribution < -0.4 is 10.1 Å². The van der Waals surface area contributed by atoms with Crippen molar-refractivity contribution in [1.82, 2.24) is 10.2 Å². The molecule has 0 radical (unpaired) electrons. The predicted octanol–water partition coefficient (Wildman–Crippen LogP) is 4.48. The number of rotatable bonds is 11. The molecule has 29 heavy (non-hydrogen) atoms. The van der Waals surface area contributed by atoms with E-state index in [9.17, 15) is 9.59 Å². The monoisotopic (exact) mass is 396 g/mol. The zero-order chi connectivity index (χ0) is 21.1. The van der Waals surface area contributed by atoms with Crippen LogP contribution in [-0.4, -0.2) is 30.4 Å². The van der Waals surface area contributed by atoms with Gasteiger partial charge in [0.2, 0.25) is 11.8 Å². The number of carbonyl (C=O) groups is 2. The molecule has 2 aromatic carbocycles. The first-order valence-electron chi connectivity index (χ1n) is 10.4. The summed E-state index contributed by atoms with van der Waals surface area (Å²) in [6, 6.07) is 16.5. The smallest absolute Gasteiger partial charge is 0.247 e. The molecule has 0 bridgehead atoms. The molecule has 0 aromatic heterocycles. The van der Waals surface area contributed by atoms with Crippen molar-refractivity contribution in [2.75, 3.05) is 13.7 Å². The number of carbonyl (C=O) groups excluding carboxylic acids is 2. The number of methoxy groups -OCH3 is 1. The van der Waals surface area contributed by atoms with Crippen molar-refractivity contribution >= 4 is 11.8 Å². The van der Waals surface area contributed by atoms with Gasteiger partial charge in [0.15, 0.2) is 0 Å². The van der Waals surface area contributed by atoms with Gasteiger partial charge in [0.05, 0.1) is 7.11 Å². The number of para-hydroxylation sites is 1. The summed E-state index contributed by atoms with van der Waals surface area (Å²) < 4.78 is 5.38. The Morgan fingerprint density at radius 2 is 1.69 bits per heavy atom. The van der Waals surface area contributed by atoms with Crippen molar-refractivity contribution < 1.29 is 14.3 Å². The topological polar surface area (TPSA) is 58.6 Å². The second kappa shape index (κ2) is 11.9. The van der Waals surface area contributed by atoms with E-state index in [-0.39, 0.29) is 11.8 Å². The van der Waals surface area contributed by atoms with E-state index in [4.69, 9.17) is 4.74 Å². The highest BCUT2D eigenvalue weighted by Gasteiger charge is 2.30. The van der Waals surface area contributed by atoms with Crippen LogP contribution in [0.4, 0.5) is 0 Å². The Labute approximate surface area is 174 Å². The molecular weight excluding hydrogens is 364 g/mol. The Balaban J connectivity index is 2.26. The van der Waals surface area contributed by atoms with Gasteiger partial charge < -0.3 is 15.0 Å². The molecule has 1 unspecified atom stereocenters. The van der Waals surface area contributed by atoms with Gasteiger partial charge in [-0.15, -0.1) is 0 Å². The van der Waals surface area contributed by atoms with Gasteiger partial charge in [0, 0.05) is 25.1 Å². The second-order valence-electron chi connectivity index (χ2n) is 6.99. The Morgan fingerprint density at radius 3 is 2.34 bits per heavy atom. The predicted molar refractivity (Wildman–Crippen MR) is 116 cm³/mol. The number of ether oxygens (including phenoxy) is 1. The molecule has 2 aromatic rings. The van der Waals surface area contributed by atoms with E-state index in [2.05, 4.69) is 12.2 Å². The Morgan fingerprint density at radius 1 is 1.00 bits per heavy atom. The third kappa shape index (κ3) is 6.34. The van der Waals surface area contributed by atoms with E-state index in [1.54, 1.807) is 12.0 Å². The fourth-order valence-electron chi connectivity index (χ4n) is 3.37. The number of nitrogens with zero attached hydrogens (tertiary/aromatic N) is 1. The molecule has 0 saturated carbocycles. The van der Waals surface area contributed by atoms with Crippen molar-refractivity contribution in [3.63, 3.8) is 0 Å². The van der Waals surface area contributed by atoms with Crippen LogP contribution in [0, 0.1) is 0 Å². The van der Waals surface area contributed by atoms with Gasteiger partial charge in [-0.2, -0.15) is 0 Å². The minimum atomic E-state index is -0.643. The van der Waals surface area contributed by atoms with E-state index >= 15 is 0 Å². The van der Waals surface area contributed by atoms with Gasteiger partial charge in [-0.3, -0.25) is 9.59 Å². The summed E-state index contributed by atoms with van der Waals surface area (Å²) in [5, 5.41) is 3.01. The van der Waals surface area contributed by atoms with Gasteiger partial charge >= 0.3 is 0 Å². The number of hydrogen-bond acceptors (Lipinski definition) is 3. The molecule has 2 amide bonds. The van der Waals surface area contributed by atoms with Gasteiger partial charge in [-0.25, -0.2) is 0 Å². The second-order valence-corrected chi connectivity index (χ2v) is 6.99. The Hall–Kier alpha value is -2.82. The average Bonchev–Trinajstić information content (AvgIpc) is 2.77. The number of unbranched alkanes of at least 4 members (excludes halogenated alkanes) is 2. The average molecular weight is 397 g/mol. The lowest BCUT2D eigenvalue weighted by molar-refractivity contribution is -0.140. The molecule has 156 valence electrons. The quantitative estimate of drug-likeness (QED) is 0.570. The molecular formula is C24H32N2O3. The van der Waals surface area contributed by atoms with Crippen molar-refractivity contribution in [3.05, 3.63) is 65.7 Å². The summed E-state index contributed by atoms with van der Waals surface area (Å²) >= 11 is 0. The van der Waals surface area contributed by atoms with E-state index < -0.39 is 6.04 Å². The maximum Gasteiger partial charge on any atom is 0.247 e. The van der Waals surface area contributed by atoms with Crippen molar-refractivity contribution in [3.8, 4) is 5.75 Å². The summed E-state index contributed by atoms with van der Waals surface area (Å²) in [6.45, 7) is 4.88. The zero-order valence-corrected chi connectivity index (χ0v) is 17.7. The Bertz CT molecular complexity index is 777. The lowest BCUT2D eigenvalue weighted by Crippen LogP contribution is -2.43. The van der Waals surface area contributed by atoms with Crippen LogP contribution in [-0.2, 0) is 16.1 Å². The highest BCUT2D eigenvalue weighted by molar-refractivity contribution is 5.88. The van der Waals surface area contributed by atoms with Gasteiger partial charge in [-0.1, -0.05) is 75.2 Å². The lowest BCUT2D eigenvalue weighted by Gasteiger charge is -2.31. The van der Waals surface area contributed by atoms with Gasteiger partial charge in [-0.05, 0) is 18.1 Å². The summed E-state index contributed by atoms with van der Waals surface area (Å²) in [4.78, 5) is 27.7. The summed E-state index contributed by atoms with van der Waals surface area (Å²) in [7, 11) is 1.61. The van der Waals surface area contributed by atoms with E-state index in [1.807, 2.05) is 61.5 Å². The van der Waals surface area contributed by atoms with Gasteiger partial charge in [0.25, 0.3) is 0 Å². The zero-order valence-electron chi connectivity index (χ0n) is 17.7. The molecule has 5 heteroatoms.